The highest BCUT2D eigenvalue weighted by Crippen LogP contribution is 2.29. The smallest absolute Gasteiger partial charge is 0.338 e. The van der Waals surface area contributed by atoms with Crippen LogP contribution in [0, 0.1) is 0 Å². The van der Waals surface area contributed by atoms with Crippen molar-refractivity contribution in [3.63, 3.8) is 0 Å². The highest BCUT2D eigenvalue weighted by molar-refractivity contribution is 5.96. The quantitative estimate of drug-likeness (QED) is 0.464. The second-order valence-corrected chi connectivity index (χ2v) is 8.61. The number of carbonyl (C=O) groups is 3. The van der Waals surface area contributed by atoms with Gasteiger partial charge >= 0.3 is 5.97 Å². The summed E-state index contributed by atoms with van der Waals surface area (Å²) in [6, 6.07) is 10.5. The Morgan fingerprint density at radius 2 is 1.56 bits per heavy atom. The van der Waals surface area contributed by atoms with Crippen molar-refractivity contribution >= 4 is 23.5 Å². The summed E-state index contributed by atoms with van der Waals surface area (Å²) in [4.78, 5) is 39.4. The molecule has 0 aliphatic carbocycles. The molecule has 0 atom stereocenters. The van der Waals surface area contributed by atoms with Crippen LogP contribution in [0.2, 0.25) is 0 Å². The highest BCUT2D eigenvalue weighted by Gasteiger charge is 2.19. The molecule has 36 heavy (non-hydrogen) atoms. The fourth-order valence-electron chi connectivity index (χ4n) is 4.19. The summed E-state index contributed by atoms with van der Waals surface area (Å²) in [6.45, 7) is 7.22. The van der Waals surface area contributed by atoms with E-state index < -0.39 is 18.5 Å². The molecule has 8 heteroatoms. The van der Waals surface area contributed by atoms with E-state index in [4.69, 9.17) is 14.2 Å². The second-order valence-electron chi connectivity index (χ2n) is 8.61. The minimum absolute atomic E-state index is 0.0671. The maximum Gasteiger partial charge on any atom is 0.338 e. The van der Waals surface area contributed by atoms with Gasteiger partial charge in [0.1, 0.15) is 0 Å². The number of para-hydroxylation sites is 1. The molecule has 1 fully saturated rings. The predicted molar refractivity (Wildman–Crippen MR) is 138 cm³/mol. The molecule has 1 saturated heterocycles. The van der Waals surface area contributed by atoms with Gasteiger partial charge in [0.25, 0.3) is 11.8 Å². The molecule has 1 aliphatic rings. The summed E-state index contributed by atoms with van der Waals surface area (Å²) in [7, 11) is 0. The van der Waals surface area contributed by atoms with E-state index in [9.17, 15) is 14.4 Å². The summed E-state index contributed by atoms with van der Waals surface area (Å²) in [6.07, 6.45) is 4.72. The third kappa shape index (κ3) is 7.23. The third-order valence-corrected chi connectivity index (χ3v) is 6.14. The number of esters is 1. The molecule has 1 heterocycles. The highest BCUT2D eigenvalue weighted by atomic mass is 16.5. The first-order chi connectivity index (χ1) is 17.5. The maximum absolute atomic E-state index is 12.6. The Balaban J connectivity index is 1.59. The SMILES string of the molecule is CCOc1cc(C(=O)OCC(=O)Nc2c(CC)cccc2CC)ccc1OCC(=O)N1CCCCC1. The lowest BCUT2D eigenvalue weighted by Gasteiger charge is -2.26. The normalized spacial score (nSPS) is 13.1. The number of aryl methyl sites for hydroxylation is 2. The minimum Gasteiger partial charge on any atom is -0.490 e. The predicted octanol–water partition coefficient (Wildman–Crippen LogP) is 4.40. The van der Waals surface area contributed by atoms with Gasteiger partial charge in [-0.15, -0.1) is 0 Å². The van der Waals surface area contributed by atoms with Crippen molar-refractivity contribution in [1.29, 1.82) is 0 Å². The Labute approximate surface area is 212 Å². The van der Waals surface area contributed by atoms with Gasteiger partial charge in [-0.05, 0) is 68.4 Å². The fourth-order valence-corrected chi connectivity index (χ4v) is 4.19. The van der Waals surface area contributed by atoms with Gasteiger partial charge in [0, 0.05) is 18.8 Å². The van der Waals surface area contributed by atoms with E-state index >= 15 is 0 Å². The van der Waals surface area contributed by atoms with Crippen molar-refractivity contribution in [3.8, 4) is 11.5 Å². The molecule has 2 amide bonds. The molecule has 1 N–H and O–H groups in total. The van der Waals surface area contributed by atoms with Crippen molar-refractivity contribution in [2.75, 3.05) is 38.2 Å². The van der Waals surface area contributed by atoms with Gasteiger partial charge in [0.15, 0.2) is 24.7 Å². The monoisotopic (exact) mass is 496 g/mol. The van der Waals surface area contributed by atoms with E-state index in [1.807, 2.05) is 43.9 Å². The number of nitrogens with one attached hydrogen (secondary N) is 1. The first kappa shape index (κ1) is 27.0. The number of amides is 2. The van der Waals surface area contributed by atoms with Crippen LogP contribution < -0.4 is 14.8 Å². The Morgan fingerprint density at radius 1 is 0.861 bits per heavy atom. The largest absolute Gasteiger partial charge is 0.490 e. The van der Waals surface area contributed by atoms with Crippen molar-refractivity contribution in [2.45, 2.75) is 52.9 Å². The van der Waals surface area contributed by atoms with Crippen LogP contribution in [-0.4, -0.2) is 55.6 Å². The van der Waals surface area contributed by atoms with Crippen LogP contribution in [0.3, 0.4) is 0 Å². The second kappa shape index (κ2) is 13.5. The molecule has 194 valence electrons. The number of hydrogen-bond donors (Lipinski definition) is 1. The van der Waals surface area contributed by atoms with Crippen molar-refractivity contribution in [2.24, 2.45) is 0 Å². The van der Waals surface area contributed by atoms with Crippen molar-refractivity contribution < 1.29 is 28.6 Å². The standard InChI is InChI=1S/C28H36N2O6/c1-4-20-11-10-12-21(5-2)27(20)29-25(31)18-36-28(33)22-13-14-23(24(17-22)34-6-3)35-19-26(32)30-15-8-7-9-16-30/h10-14,17H,4-9,15-16,18-19H2,1-3H3,(H,29,31). The van der Waals surface area contributed by atoms with Gasteiger partial charge in [-0.1, -0.05) is 32.0 Å². The molecule has 0 bridgehead atoms. The Morgan fingerprint density at radius 3 is 2.19 bits per heavy atom. The van der Waals surface area contributed by atoms with E-state index in [1.165, 1.54) is 12.1 Å². The van der Waals surface area contributed by atoms with Gasteiger partial charge in [0.05, 0.1) is 12.2 Å². The van der Waals surface area contributed by atoms with Gasteiger partial charge in [-0.3, -0.25) is 9.59 Å². The van der Waals surface area contributed by atoms with Gasteiger partial charge in [0.2, 0.25) is 0 Å². The molecule has 2 aromatic carbocycles. The third-order valence-electron chi connectivity index (χ3n) is 6.14. The number of benzene rings is 2. The van der Waals surface area contributed by atoms with Crippen LogP contribution in [0.1, 0.15) is 61.5 Å². The summed E-state index contributed by atoms with van der Waals surface area (Å²) in [5.41, 5.74) is 3.07. The molecule has 8 nitrogen and oxygen atoms in total. The number of likely N-dealkylation sites (tertiary alicyclic amines) is 1. The molecule has 3 rings (SSSR count). The molecule has 2 aromatic rings. The number of anilines is 1. The number of ether oxygens (including phenoxy) is 3. The molecule has 1 aliphatic heterocycles. The lowest BCUT2D eigenvalue weighted by molar-refractivity contribution is -0.134. The van der Waals surface area contributed by atoms with Crippen molar-refractivity contribution in [3.05, 3.63) is 53.1 Å². The molecular formula is C28H36N2O6. The van der Waals surface area contributed by atoms with Crippen molar-refractivity contribution in [1.82, 2.24) is 4.90 Å². The first-order valence-corrected chi connectivity index (χ1v) is 12.7. The van der Waals surface area contributed by atoms with E-state index in [0.29, 0.717) is 18.1 Å². The average Bonchev–Trinajstić information content (AvgIpc) is 2.91. The average molecular weight is 497 g/mol. The Hall–Kier alpha value is -3.55. The zero-order chi connectivity index (χ0) is 25.9. The lowest BCUT2D eigenvalue weighted by atomic mass is 10.0. The zero-order valence-electron chi connectivity index (χ0n) is 21.4. The van der Waals surface area contributed by atoms with E-state index in [1.54, 1.807) is 6.07 Å². The number of rotatable bonds is 11. The van der Waals surface area contributed by atoms with Crippen LogP contribution in [0.5, 0.6) is 11.5 Å². The van der Waals surface area contributed by atoms with Crippen LogP contribution in [0.15, 0.2) is 36.4 Å². The molecule has 0 radical (unpaired) electrons. The van der Waals surface area contributed by atoms with Crippen LogP contribution in [0.25, 0.3) is 0 Å². The number of nitrogens with zero attached hydrogens (tertiary/aromatic N) is 1. The number of piperidine rings is 1. The molecule has 0 aromatic heterocycles. The van der Waals surface area contributed by atoms with Gasteiger partial charge in [-0.25, -0.2) is 4.79 Å². The first-order valence-electron chi connectivity index (χ1n) is 12.7. The summed E-state index contributed by atoms with van der Waals surface area (Å²) in [5, 5.41) is 2.89. The molecular weight excluding hydrogens is 460 g/mol. The molecule has 0 saturated carbocycles. The maximum atomic E-state index is 12.6. The Bertz CT molecular complexity index is 1040. The van der Waals surface area contributed by atoms with Gasteiger partial charge < -0.3 is 24.4 Å². The number of hydrogen-bond acceptors (Lipinski definition) is 6. The van der Waals surface area contributed by atoms with Gasteiger partial charge in [-0.2, -0.15) is 0 Å². The fraction of sp³-hybridized carbons (Fsp3) is 0.464. The van der Waals surface area contributed by atoms with Crippen LogP contribution in [-0.2, 0) is 27.2 Å². The number of carbonyl (C=O) groups excluding carboxylic acids is 3. The minimum atomic E-state index is -0.651. The zero-order valence-corrected chi connectivity index (χ0v) is 21.4. The summed E-state index contributed by atoms with van der Waals surface area (Å²) < 4.78 is 16.6. The van der Waals surface area contributed by atoms with E-state index in [2.05, 4.69) is 5.32 Å². The molecule has 0 spiro atoms. The summed E-state index contributed by atoms with van der Waals surface area (Å²) >= 11 is 0. The Kier molecular flexibility index (Phi) is 10.2. The van der Waals surface area contributed by atoms with E-state index in [-0.39, 0.29) is 18.1 Å². The van der Waals surface area contributed by atoms with Crippen LogP contribution in [0.4, 0.5) is 5.69 Å². The molecule has 0 unspecified atom stereocenters. The topological polar surface area (TPSA) is 94.2 Å². The summed E-state index contributed by atoms with van der Waals surface area (Å²) in [5.74, 6) is -0.406. The van der Waals surface area contributed by atoms with E-state index in [0.717, 1.165) is 62.0 Å². The van der Waals surface area contributed by atoms with Crippen LogP contribution >= 0.6 is 0 Å². The lowest BCUT2D eigenvalue weighted by Crippen LogP contribution is -2.38.